The number of rotatable bonds is 3. The molecule has 0 bridgehead atoms. The number of Topliss-reactive ketones (excluding diaryl/α,β-unsaturated/α-hetero) is 1. The Balaban J connectivity index is 2.43. The van der Waals surface area contributed by atoms with E-state index in [0.29, 0.717) is 6.42 Å². The Bertz CT molecular complexity index is 398. The Hall–Kier alpha value is -1.57. The molecule has 1 fully saturated rings. The third-order valence-electron chi connectivity index (χ3n) is 2.91. The van der Waals surface area contributed by atoms with Crippen LogP contribution in [0.5, 0.6) is 0 Å². The quantitative estimate of drug-likeness (QED) is 0.785. The molecule has 1 heterocycles. The average molecular weight is 215 g/mol. The summed E-state index contributed by atoms with van der Waals surface area (Å²) in [5, 5.41) is 3.33. The zero-order valence-corrected chi connectivity index (χ0v) is 9.62. The van der Waals surface area contributed by atoms with Gasteiger partial charge in [-0.05, 0) is 18.4 Å². The van der Waals surface area contributed by atoms with Crippen LogP contribution in [0.25, 0.3) is 5.57 Å². The van der Waals surface area contributed by atoms with Gasteiger partial charge in [0.1, 0.15) is 0 Å². The lowest BCUT2D eigenvalue weighted by Crippen LogP contribution is -2.11. The first-order chi connectivity index (χ1) is 7.83. The van der Waals surface area contributed by atoms with E-state index in [-0.39, 0.29) is 5.78 Å². The van der Waals surface area contributed by atoms with Gasteiger partial charge in [-0.2, -0.15) is 0 Å². The zero-order chi connectivity index (χ0) is 11.4. The van der Waals surface area contributed by atoms with E-state index in [9.17, 15) is 4.79 Å². The number of nitrogens with one attached hydrogen (secondary N) is 1. The topological polar surface area (TPSA) is 29.1 Å². The monoisotopic (exact) mass is 215 g/mol. The molecule has 0 atom stereocenters. The third-order valence-corrected chi connectivity index (χ3v) is 2.91. The van der Waals surface area contributed by atoms with Gasteiger partial charge < -0.3 is 5.32 Å². The number of ketones is 1. The van der Waals surface area contributed by atoms with Crippen LogP contribution in [0.1, 0.15) is 31.7 Å². The molecule has 1 aliphatic rings. The molecule has 16 heavy (non-hydrogen) atoms. The van der Waals surface area contributed by atoms with Crippen LogP contribution >= 0.6 is 0 Å². The van der Waals surface area contributed by atoms with Crippen LogP contribution < -0.4 is 5.32 Å². The highest BCUT2D eigenvalue weighted by Crippen LogP contribution is 2.24. The van der Waals surface area contributed by atoms with E-state index >= 15 is 0 Å². The fourth-order valence-corrected chi connectivity index (χ4v) is 2.09. The Morgan fingerprint density at radius 1 is 1.31 bits per heavy atom. The molecule has 0 spiro atoms. The average Bonchev–Trinajstić information content (AvgIpc) is 2.84. The van der Waals surface area contributed by atoms with Gasteiger partial charge in [-0.3, -0.25) is 4.79 Å². The van der Waals surface area contributed by atoms with Gasteiger partial charge in [0.25, 0.3) is 0 Å². The number of carbonyl (C=O) groups excluding carboxylic acids is 1. The maximum atomic E-state index is 12.0. The molecule has 1 aliphatic heterocycles. The second kappa shape index (κ2) is 4.97. The lowest BCUT2D eigenvalue weighted by Gasteiger charge is -2.10. The molecule has 1 aromatic carbocycles. The molecule has 84 valence electrons. The molecule has 1 N–H and O–H groups in total. The minimum Gasteiger partial charge on any atom is -0.388 e. The third kappa shape index (κ3) is 2.16. The van der Waals surface area contributed by atoms with Gasteiger partial charge in [-0.1, -0.05) is 37.3 Å². The van der Waals surface area contributed by atoms with E-state index in [1.165, 1.54) is 0 Å². The van der Waals surface area contributed by atoms with Crippen LogP contribution in [-0.2, 0) is 4.79 Å². The highest BCUT2D eigenvalue weighted by atomic mass is 16.1. The van der Waals surface area contributed by atoms with Crippen molar-refractivity contribution in [3.8, 4) is 0 Å². The van der Waals surface area contributed by atoms with Gasteiger partial charge in [0.2, 0.25) is 0 Å². The molecular formula is C14H17NO. The largest absolute Gasteiger partial charge is 0.388 e. The van der Waals surface area contributed by atoms with Crippen molar-refractivity contribution in [2.45, 2.75) is 26.2 Å². The normalized spacial score (nSPS) is 18.1. The molecule has 0 amide bonds. The molecule has 0 aliphatic carbocycles. The Morgan fingerprint density at radius 3 is 2.62 bits per heavy atom. The first-order valence-electron chi connectivity index (χ1n) is 5.88. The van der Waals surface area contributed by atoms with E-state index in [0.717, 1.165) is 36.2 Å². The van der Waals surface area contributed by atoms with Gasteiger partial charge in [-0.15, -0.1) is 0 Å². The van der Waals surface area contributed by atoms with Crippen molar-refractivity contribution in [2.75, 3.05) is 6.54 Å². The predicted octanol–water partition coefficient (Wildman–Crippen LogP) is 2.76. The summed E-state index contributed by atoms with van der Waals surface area (Å²) in [5.74, 6) is 0.232. The van der Waals surface area contributed by atoms with Gasteiger partial charge in [0.15, 0.2) is 5.78 Å². The van der Waals surface area contributed by atoms with Crippen molar-refractivity contribution >= 4 is 11.4 Å². The molecule has 2 heteroatoms. The summed E-state index contributed by atoms with van der Waals surface area (Å²) in [7, 11) is 0. The number of carbonyl (C=O) groups is 1. The van der Waals surface area contributed by atoms with Crippen molar-refractivity contribution in [1.29, 1.82) is 0 Å². The van der Waals surface area contributed by atoms with Gasteiger partial charge in [-0.25, -0.2) is 0 Å². The van der Waals surface area contributed by atoms with E-state index < -0.39 is 0 Å². The first kappa shape index (κ1) is 10.9. The highest BCUT2D eigenvalue weighted by Gasteiger charge is 2.18. The minimum atomic E-state index is 0.232. The maximum Gasteiger partial charge on any atom is 0.164 e. The van der Waals surface area contributed by atoms with Crippen molar-refractivity contribution in [2.24, 2.45) is 0 Å². The summed E-state index contributed by atoms with van der Waals surface area (Å²) in [4.78, 5) is 12.0. The van der Waals surface area contributed by atoms with E-state index in [2.05, 4.69) is 5.32 Å². The Kier molecular flexibility index (Phi) is 3.40. The fraction of sp³-hybridized carbons (Fsp3) is 0.357. The summed E-state index contributed by atoms with van der Waals surface area (Å²) >= 11 is 0. The summed E-state index contributed by atoms with van der Waals surface area (Å²) in [6, 6.07) is 9.96. The molecular weight excluding hydrogens is 198 g/mol. The van der Waals surface area contributed by atoms with E-state index in [1.54, 1.807) is 0 Å². The van der Waals surface area contributed by atoms with Crippen LogP contribution in [0.3, 0.4) is 0 Å². The smallest absolute Gasteiger partial charge is 0.164 e. The van der Waals surface area contributed by atoms with Gasteiger partial charge in [0, 0.05) is 24.2 Å². The first-order valence-corrected chi connectivity index (χ1v) is 5.88. The zero-order valence-electron chi connectivity index (χ0n) is 9.62. The van der Waals surface area contributed by atoms with Crippen molar-refractivity contribution in [1.82, 2.24) is 5.32 Å². The Morgan fingerprint density at radius 2 is 2.06 bits per heavy atom. The summed E-state index contributed by atoms with van der Waals surface area (Å²) in [6.45, 7) is 2.91. The summed E-state index contributed by atoms with van der Waals surface area (Å²) in [6.07, 6.45) is 2.69. The number of benzene rings is 1. The SMILES string of the molecule is CCC(=O)/C(=C1/CCCN1)c1ccccc1. The molecule has 2 nitrogen and oxygen atoms in total. The van der Waals surface area contributed by atoms with E-state index in [1.807, 2.05) is 37.3 Å². The molecule has 1 saturated heterocycles. The molecule has 0 saturated carbocycles. The van der Waals surface area contributed by atoms with Gasteiger partial charge in [0.05, 0.1) is 0 Å². The van der Waals surface area contributed by atoms with Crippen LogP contribution in [0.15, 0.2) is 36.0 Å². The number of allylic oxidation sites excluding steroid dienone is 2. The van der Waals surface area contributed by atoms with Crippen molar-refractivity contribution in [3.05, 3.63) is 41.6 Å². The Labute approximate surface area is 96.4 Å². The second-order valence-electron chi connectivity index (χ2n) is 4.03. The summed E-state index contributed by atoms with van der Waals surface area (Å²) < 4.78 is 0. The summed E-state index contributed by atoms with van der Waals surface area (Å²) in [5.41, 5.74) is 3.05. The molecule has 0 radical (unpaired) electrons. The molecule has 0 aromatic heterocycles. The second-order valence-corrected chi connectivity index (χ2v) is 4.03. The fourth-order valence-electron chi connectivity index (χ4n) is 2.09. The predicted molar refractivity (Wildman–Crippen MR) is 65.9 cm³/mol. The standard InChI is InChI=1S/C14H17NO/c1-2-13(16)14(12-9-6-10-15-12)11-7-4-3-5-8-11/h3-5,7-8,15H,2,6,9-10H2,1H3/b14-12-. The lowest BCUT2D eigenvalue weighted by molar-refractivity contribution is -0.113. The van der Waals surface area contributed by atoms with Crippen LogP contribution in [-0.4, -0.2) is 12.3 Å². The van der Waals surface area contributed by atoms with Crippen LogP contribution in [0.2, 0.25) is 0 Å². The maximum absolute atomic E-state index is 12.0. The highest BCUT2D eigenvalue weighted by molar-refractivity contribution is 6.21. The number of hydrogen-bond acceptors (Lipinski definition) is 2. The molecule has 2 rings (SSSR count). The van der Waals surface area contributed by atoms with Crippen LogP contribution in [0, 0.1) is 0 Å². The molecule has 0 unspecified atom stereocenters. The number of hydrogen-bond donors (Lipinski definition) is 1. The van der Waals surface area contributed by atoms with Gasteiger partial charge >= 0.3 is 0 Å². The van der Waals surface area contributed by atoms with E-state index in [4.69, 9.17) is 0 Å². The molecule has 1 aromatic rings. The minimum absolute atomic E-state index is 0.232. The van der Waals surface area contributed by atoms with Crippen LogP contribution in [0.4, 0.5) is 0 Å². The van der Waals surface area contributed by atoms with Crippen molar-refractivity contribution < 1.29 is 4.79 Å². The lowest BCUT2D eigenvalue weighted by atomic mass is 9.97. The van der Waals surface area contributed by atoms with Crippen molar-refractivity contribution in [3.63, 3.8) is 0 Å².